The molecule has 2 aromatic carbocycles. The zero-order chi connectivity index (χ0) is 16.9. The number of carbonyl (C=O) groups excluding carboxylic acids is 2. The van der Waals surface area contributed by atoms with Gasteiger partial charge in [-0.15, -0.1) is 0 Å². The summed E-state index contributed by atoms with van der Waals surface area (Å²) < 4.78 is 10.5. The van der Waals surface area contributed by atoms with Gasteiger partial charge in [0.1, 0.15) is 5.75 Å². The number of rotatable bonds is 3. The van der Waals surface area contributed by atoms with E-state index in [2.05, 4.69) is 0 Å². The van der Waals surface area contributed by atoms with Crippen LogP contribution in [0.4, 0.5) is 0 Å². The standard InChI is InChI=1S/C18H16ClNO4/c19-15-3-1-2-14(12-15)18(22)24-16-6-4-13(5-7-16)17(21)20-8-10-23-11-9-20/h1-7,12H,8-11H2. The Morgan fingerprint density at radius 3 is 2.38 bits per heavy atom. The molecule has 0 spiro atoms. The maximum Gasteiger partial charge on any atom is 0.343 e. The molecule has 3 rings (SSSR count). The van der Waals surface area contributed by atoms with Gasteiger partial charge in [0.2, 0.25) is 0 Å². The molecule has 24 heavy (non-hydrogen) atoms. The Hall–Kier alpha value is -2.37. The van der Waals surface area contributed by atoms with E-state index in [-0.39, 0.29) is 5.91 Å². The lowest BCUT2D eigenvalue weighted by molar-refractivity contribution is 0.0303. The van der Waals surface area contributed by atoms with Gasteiger partial charge in [0.25, 0.3) is 5.91 Å². The van der Waals surface area contributed by atoms with E-state index in [1.807, 2.05) is 0 Å². The molecule has 1 amide bonds. The third kappa shape index (κ3) is 3.93. The molecule has 0 radical (unpaired) electrons. The second kappa shape index (κ2) is 7.47. The second-order valence-electron chi connectivity index (χ2n) is 5.33. The normalized spacial score (nSPS) is 14.3. The highest BCUT2D eigenvalue weighted by Gasteiger charge is 2.18. The summed E-state index contributed by atoms with van der Waals surface area (Å²) in [5.41, 5.74) is 0.926. The Morgan fingerprint density at radius 1 is 1.00 bits per heavy atom. The molecule has 0 aromatic heterocycles. The first kappa shape index (κ1) is 16.5. The predicted octanol–water partition coefficient (Wildman–Crippen LogP) is 3.03. The number of halogens is 1. The monoisotopic (exact) mass is 345 g/mol. The van der Waals surface area contributed by atoms with Gasteiger partial charge in [-0.05, 0) is 42.5 Å². The molecule has 1 heterocycles. The number of hydrogen-bond acceptors (Lipinski definition) is 4. The Labute approximate surface area is 144 Å². The minimum absolute atomic E-state index is 0.0500. The fourth-order valence-electron chi connectivity index (χ4n) is 2.40. The fourth-order valence-corrected chi connectivity index (χ4v) is 2.59. The van der Waals surface area contributed by atoms with E-state index in [9.17, 15) is 9.59 Å². The van der Waals surface area contributed by atoms with Crippen molar-refractivity contribution >= 4 is 23.5 Å². The number of nitrogens with zero attached hydrogens (tertiary/aromatic N) is 1. The Kier molecular flexibility index (Phi) is 5.13. The lowest BCUT2D eigenvalue weighted by Gasteiger charge is -2.26. The lowest BCUT2D eigenvalue weighted by atomic mass is 10.2. The summed E-state index contributed by atoms with van der Waals surface area (Å²) in [6.07, 6.45) is 0. The third-order valence-electron chi connectivity index (χ3n) is 3.67. The molecule has 6 heteroatoms. The largest absolute Gasteiger partial charge is 0.423 e. The molecule has 0 unspecified atom stereocenters. The summed E-state index contributed by atoms with van der Waals surface area (Å²) in [7, 11) is 0. The van der Waals surface area contributed by atoms with Crippen LogP contribution in [0.1, 0.15) is 20.7 Å². The number of benzene rings is 2. The van der Waals surface area contributed by atoms with E-state index in [1.165, 1.54) is 0 Å². The third-order valence-corrected chi connectivity index (χ3v) is 3.91. The van der Waals surface area contributed by atoms with Gasteiger partial charge >= 0.3 is 5.97 Å². The van der Waals surface area contributed by atoms with Gasteiger partial charge < -0.3 is 14.4 Å². The molecule has 1 aliphatic heterocycles. The number of morpholine rings is 1. The molecule has 124 valence electrons. The van der Waals surface area contributed by atoms with Crippen molar-refractivity contribution in [3.63, 3.8) is 0 Å². The molecule has 2 aromatic rings. The van der Waals surface area contributed by atoms with E-state index >= 15 is 0 Å². The SMILES string of the molecule is O=C(Oc1ccc(C(=O)N2CCOCC2)cc1)c1cccc(Cl)c1. The molecule has 0 N–H and O–H groups in total. The molecular formula is C18H16ClNO4. The van der Waals surface area contributed by atoms with Gasteiger partial charge in [-0.25, -0.2) is 4.79 Å². The highest BCUT2D eigenvalue weighted by Crippen LogP contribution is 2.17. The number of ether oxygens (including phenoxy) is 2. The van der Waals surface area contributed by atoms with Crippen molar-refractivity contribution in [2.24, 2.45) is 0 Å². The average Bonchev–Trinajstić information content (AvgIpc) is 2.62. The van der Waals surface area contributed by atoms with Crippen molar-refractivity contribution in [2.45, 2.75) is 0 Å². The average molecular weight is 346 g/mol. The van der Waals surface area contributed by atoms with Crippen molar-refractivity contribution in [1.82, 2.24) is 4.90 Å². The van der Waals surface area contributed by atoms with Crippen molar-refractivity contribution in [3.05, 3.63) is 64.7 Å². The van der Waals surface area contributed by atoms with Gasteiger partial charge in [-0.3, -0.25) is 4.79 Å². The summed E-state index contributed by atoms with van der Waals surface area (Å²) in [6.45, 7) is 2.29. The van der Waals surface area contributed by atoms with Crippen molar-refractivity contribution in [1.29, 1.82) is 0 Å². The molecule has 1 fully saturated rings. The van der Waals surface area contributed by atoms with E-state index in [1.54, 1.807) is 53.4 Å². The van der Waals surface area contributed by atoms with Crippen LogP contribution in [0.3, 0.4) is 0 Å². The molecular weight excluding hydrogens is 330 g/mol. The van der Waals surface area contributed by atoms with Crippen LogP contribution >= 0.6 is 11.6 Å². The van der Waals surface area contributed by atoms with Crippen LogP contribution in [-0.4, -0.2) is 43.1 Å². The van der Waals surface area contributed by atoms with Gasteiger partial charge in [0.05, 0.1) is 18.8 Å². The predicted molar refractivity (Wildman–Crippen MR) is 89.6 cm³/mol. The first-order valence-electron chi connectivity index (χ1n) is 7.58. The van der Waals surface area contributed by atoms with E-state index in [0.29, 0.717) is 48.2 Å². The highest BCUT2D eigenvalue weighted by molar-refractivity contribution is 6.30. The first-order chi connectivity index (χ1) is 11.6. The Bertz CT molecular complexity index is 739. The zero-order valence-corrected chi connectivity index (χ0v) is 13.7. The van der Waals surface area contributed by atoms with Crippen LogP contribution in [-0.2, 0) is 4.74 Å². The van der Waals surface area contributed by atoms with Crippen LogP contribution in [0.2, 0.25) is 5.02 Å². The summed E-state index contributed by atoms with van der Waals surface area (Å²) in [5, 5.41) is 0.468. The summed E-state index contributed by atoms with van der Waals surface area (Å²) >= 11 is 5.86. The van der Waals surface area contributed by atoms with Gasteiger partial charge in [-0.1, -0.05) is 17.7 Å². The number of carbonyl (C=O) groups is 2. The smallest absolute Gasteiger partial charge is 0.343 e. The van der Waals surface area contributed by atoms with E-state index in [0.717, 1.165) is 0 Å². The van der Waals surface area contributed by atoms with E-state index in [4.69, 9.17) is 21.1 Å². The molecule has 1 aliphatic rings. The van der Waals surface area contributed by atoms with Crippen LogP contribution in [0, 0.1) is 0 Å². The Morgan fingerprint density at radius 2 is 1.71 bits per heavy atom. The lowest BCUT2D eigenvalue weighted by Crippen LogP contribution is -2.40. The molecule has 0 saturated carbocycles. The molecule has 0 bridgehead atoms. The fraction of sp³-hybridized carbons (Fsp3) is 0.222. The topological polar surface area (TPSA) is 55.8 Å². The van der Waals surface area contributed by atoms with Crippen LogP contribution in [0.25, 0.3) is 0 Å². The first-order valence-corrected chi connectivity index (χ1v) is 7.96. The zero-order valence-electron chi connectivity index (χ0n) is 12.9. The van der Waals surface area contributed by atoms with Crippen molar-refractivity contribution in [3.8, 4) is 5.75 Å². The van der Waals surface area contributed by atoms with Crippen LogP contribution in [0.5, 0.6) is 5.75 Å². The van der Waals surface area contributed by atoms with Gasteiger partial charge in [0, 0.05) is 23.7 Å². The molecule has 0 atom stereocenters. The summed E-state index contributed by atoms with van der Waals surface area (Å²) in [5.74, 6) is -0.172. The van der Waals surface area contributed by atoms with Crippen molar-refractivity contribution < 1.29 is 19.1 Å². The summed E-state index contributed by atoms with van der Waals surface area (Å²) in [6, 6.07) is 13.1. The van der Waals surface area contributed by atoms with Gasteiger partial charge in [0.15, 0.2) is 0 Å². The van der Waals surface area contributed by atoms with Gasteiger partial charge in [-0.2, -0.15) is 0 Å². The molecule has 0 aliphatic carbocycles. The van der Waals surface area contributed by atoms with Crippen molar-refractivity contribution in [2.75, 3.05) is 26.3 Å². The molecule has 1 saturated heterocycles. The maximum atomic E-state index is 12.3. The number of amides is 1. The van der Waals surface area contributed by atoms with Crippen LogP contribution in [0.15, 0.2) is 48.5 Å². The quantitative estimate of drug-likeness (QED) is 0.634. The Balaban J connectivity index is 1.66. The highest BCUT2D eigenvalue weighted by atomic mass is 35.5. The molecule has 5 nitrogen and oxygen atoms in total. The minimum Gasteiger partial charge on any atom is -0.423 e. The number of hydrogen-bond donors (Lipinski definition) is 0. The van der Waals surface area contributed by atoms with E-state index < -0.39 is 5.97 Å². The van der Waals surface area contributed by atoms with Crippen LogP contribution < -0.4 is 4.74 Å². The minimum atomic E-state index is -0.496. The number of esters is 1. The maximum absolute atomic E-state index is 12.3. The second-order valence-corrected chi connectivity index (χ2v) is 5.77. The summed E-state index contributed by atoms with van der Waals surface area (Å²) in [4.78, 5) is 26.1.